The van der Waals surface area contributed by atoms with Crippen molar-refractivity contribution in [2.24, 2.45) is 0 Å². The number of imidazole rings is 1. The Morgan fingerprint density at radius 1 is 1.43 bits per heavy atom. The molecule has 0 spiro atoms. The molecule has 1 aliphatic heterocycles. The van der Waals surface area contributed by atoms with Crippen LogP contribution in [-0.4, -0.2) is 21.8 Å². The number of nitrogens with zero attached hydrogens (tertiary/aromatic N) is 2. The van der Waals surface area contributed by atoms with Gasteiger partial charge in [-0.05, 0) is 17.5 Å². The molecule has 4 nitrogen and oxygen atoms in total. The van der Waals surface area contributed by atoms with Gasteiger partial charge in [0.25, 0.3) is 0 Å². The number of hydrogen-bond donors (Lipinski definition) is 0. The number of benzene rings is 1. The van der Waals surface area contributed by atoms with Crippen LogP contribution in [0.3, 0.4) is 0 Å². The van der Waals surface area contributed by atoms with Gasteiger partial charge in [-0.3, -0.25) is 9.20 Å². The molecule has 0 saturated carbocycles. The van der Waals surface area contributed by atoms with Crippen LogP contribution in [0.25, 0.3) is 4.96 Å². The topological polar surface area (TPSA) is 43.6 Å². The van der Waals surface area contributed by atoms with Gasteiger partial charge in [0.15, 0.2) is 10.7 Å². The first-order chi connectivity index (χ1) is 10.3. The lowest BCUT2D eigenvalue weighted by Gasteiger charge is -2.24. The number of carbonyl (C=O) groups is 1. The Bertz CT molecular complexity index is 777. The molecule has 3 aromatic rings. The molecule has 0 fully saturated rings. The Morgan fingerprint density at radius 2 is 2.33 bits per heavy atom. The summed E-state index contributed by atoms with van der Waals surface area (Å²) in [6.07, 6.45) is 4.61. The molecule has 1 atom stereocenters. The molecule has 1 aromatic carbocycles. The van der Waals surface area contributed by atoms with E-state index in [0.717, 1.165) is 22.6 Å². The van der Waals surface area contributed by atoms with Gasteiger partial charge in [-0.1, -0.05) is 24.3 Å². The second-order valence-corrected chi connectivity index (χ2v) is 6.04. The van der Waals surface area contributed by atoms with Crippen LogP contribution in [-0.2, 0) is 22.4 Å². The minimum absolute atomic E-state index is 0.0768. The van der Waals surface area contributed by atoms with Crippen LogP contribution in [0.2, 0.25) is 0 Å². The van der Waals surface area contributed by atoms with E-state index in [4.69, 9.17) is 4.74 Å². The molecule has 0 bridgehead atoms. The Kier molecular flexibility index (Phi) is 3.09. The third-order valence-electron chi connectivity index (χ3n) is 3.78. The van der Waals surface area contributed by atoms with Gasteiger partial charge < -0.3 is 4.74 Å². The fraction of sp³-hybridized carbons (Fsp3) is 0.250. The SMILES string of the molecule is O=C(Cc1cn2ccsc2n1)C1OCCc2ccccc21. The summed E-state index contributed by atoms with van der Waals surface area (Å²) >= 11 is 1.57. The highest BCUT2D eigenvalue weighted by Gasteiger charge is 2.27. The maximum atomic E-state index is 12.6. The Hall–Kier alpha value is -1.98. The normalized spacial score (nSPS) is 17.8. The third kappa shape index (κ3) is 2.28. The standard InChI is InChI=1S/C16H14N2O2S/c19-14(9-12-10-18-6-8-21-16(18)17-12)15-13-4-2-1-3-11(13)5-7-20-15/h1-4,6,8,10,15H,5,7,9H2. The van der Waals surface area contributed by atoms with E-state index in [0.29, 0.717) is 13.0 Å². The van der Waals surface area contributed by atoms with E-state index in [-0.39, 0.29) is 5.78 Å². The number of ether oxygens (including phenoxy) is 1. The minimum Gasteiger partial charge on any atom is -0.365 e. The van der Waals surface area contributed by atoms with E-state index >= 15 is 0 Å². The van der Waals surface area contributed by atoms with Crippen LogP contribution in [0.4, 0.5) is 0 Å². The summed E-state index contributed by atoms with van der Waals surface area (Å²) in [5.41, 5.74) is 3.03. The third-order valence-corrected chi connectivity index (χ3v) is 4.56. The molecule has 0 saturated heterocycles. The molecular formula is C16H14N2O2S. The van der Waals surface area contributed by atoms with Crippen molar-refractivity contribution in [3.05, 3.63) is 58.9 Å². The minimum atomic E-state index is -0.449. The number of Topliss-reactive ketones (excluding diaryl/α,β-unsaturated/α-hetero) is 1. The first kappa shape index (κ1) is 12.7. The highest BCUT2D eigenvalue weighted by atomic mass is 32.1. The molecule has 5 heteroatoms. The van der Waals surface area contributed by atoms with Crippen LogP contribution in [0.1, 0.15) is 22.9 Å². The number of fused-ring (bicyclic) bond motifs is 2. The van der Waals surface area contributed by atoms with Gasteiger partial charge in [0.2, 0.25) is 0 Å². The number of rotatable bonds is 3. The van der Waals surface area contributed by atoms with Crippen molar-refractivity contribution in [3.8, 4) is 0 Å². The molecule has 4 rings (SSSR count). The van der Waals surface area contributed by atoms with Gasteiger partial charge in [0, 0.05) is 17.8 Å². The molecule has 0 amide bonds. The van der Waals surface area contributed by atoms with Crippen molar-refractivity contribution >= 4 is 22.1 Å². The largest absolute Gasteiger partial charge is 0.365 e. The van der Waals surface area contributed by atoms with E-state index < -0.39 is 6.10 Å². The summed E-state index contributed by atoms with van der Waals surface area (Å²) in [5, 5.41) is 1.98. The Balaban J connectivity index is 1.59. The predicted molar refractivity (Wildman–Crippen MR) is 80.6 cm³/mol. The number of carbonyl (C=O) groups excluding carboxylic acids is 1. The van der Waals surface area contributed by atoms with Gasteiger partial charge in [-0.25, -0.2) is 4.98 Å². The zero-order chi connectivity index (χ0) is 14.2. The zero-order valence-electron chi connectivity index (χ0n) is 11.4. The lowest BCUT2D eigenvalue weighted by atomic mass is 9.94. The van der Waals surface area contributed by atoms with Crippen molar-refractivity contribution in [2.75, 3.05) is 6.61 Å². The zero-order valence-corrected chi connectivity index (χ0v) is 12.2. The van der Waals surface area contributed by atoms with Crippen LogP contribution in [0.15, 0.2) is 42.0 Å². The van der Waals surface area contributed by atoms with Crippen LogP contribution >= 0.6 is 11.3 Å². The number of ketones is 1. The van der Waals surface area contributed by atoms with E-state index in [1.54, 1.807) is 11.3 Å². The van der Waals surface area contributed by atoms with E-state index in [1.165, 1.54) is 5.56 Å². The smallest absolute Gasteiger partial charge is 0.193 e. The van der Waals surface area contributed by atoms with Crippen molar-refractivity contribution in [2.45, 2.75) is 18.9 Å². The van der Waals surface area contributed by atoms with E-state index in [9.17, 15) is 4.79 Å². The molecule has 21 heavy (non-hydrogen) atoms. The highest BCUT2D eigenvalue weighted by Crippen LogP contribution is 2.28. The fourth-order valence-electron chi connectivity index (χ4n) is 2.79. The molecule has 106 valence electrons. The van der Waals surface area contributed by atoms with Crippen molar-refractivity contribution in [1.29, 1.82) is 0 Å². The summed E-state index contributed by atoms with van der Waals surface area (Å²) in [6.45, 7) is 0.603. The second kappa shape index (κ2) is 5.09. The van der Waals surface area contributed by atoms with Gasteiger partial charge in [-0.2, -0.15) is 0 Å². The first-order valence-corrected chi connectivity index (χ1v) is 7.82. The molecule has 1 unspecified atom stereocenters. The summed E-state index contributed by atoms with van der Waals surface area (Å²) in [6, 6.07) is 8.03. The van der Waals surface area contributed by atoms with Gasteiger partial charge in [0.1, 0.15) is 6.10 Å². The average Bonchev–Trinajstić information content (AvgIpc) is 3.07. The number of hydrogen-bond acceptors (Lipinski definition) is 4. The lowest BCUT2D eigenvalue weighted by molar-refractivity contribution is -0.131. The quantitative estimate of drug-likeness (QED) is 0.747. The van der Waals surface area contributed by atoms with Gasteiger partial charge in [-0.15, -0.1) is 11.3 Å². The van der Waals surface area contributed by atoms with Crippen molar-refractivity contribution in [3.63, 3.8) is 0 Å². The molecule has 2 aromatic heterocycles. The van der Waals surface area contributed by atoms with E-state index in [2.05, 4.69) is 11.1 Å². The van der Waals surface area contributed by atoms with Gasteiger partial charge >= 0.3 is 0 Å². The summed E-state index contributed by atoms with van der Waals surface area (Å²) in [4.78, 5) is 17.9. The molecule has 0 radical (unpaired) electrons. The second-order valence-electron chi connectivity index (χ2n) is 5.17. The summed E-state index contributed by atoms with van der Waals surface area (Å²) in [5.74, 6) is 0.0768. The predicted octanol–water partition coefficient (Wildman–Crippen LogP) is 2.82. The molecule has 3 heterocycles. The Labute approximate surface area is 126 Å². The van der Waals surface area contributed by atoms with Crippen molar-refractivity contribution in [1.82, 2.24) is 9.38 Å². The number of aromatic nitrogens is 2. The average molecular weight is 298 g/mol. The Morgan fingerprint density at radius 3 is 3.24 bits per heavy atom. The maximum absolute atomic E-state index is 12.6. The molecule has 0 aliphatic carbocycles. The van der Waals surface area contributed by atoms with Crippen LogP contribution < -0.4 is 0 Å². The monoisotopic (exact) mass is 298 g/mol. The summed E-state index contributed by atoms with van der Waals surface area (Å²) in [7, 11) is 0. The molecule has 0 N–H and O–H groups in total. The van der Waals surface area contributed by atoms with Crippen LogP contribution in [0.5, 0.6) is 0 Å². The lowest BCUT2D eigenvalue weighted by Crippen LogP contribution is -2.24. The number of thiazole rings is 1. The van der Waals surface area contributed by atoms with Crippen molar-refractivity contribution < 1.29 is 9.53 Å². The summed E-state index contributed by atoms with van der Waals surface area (Å²) < 4.78 is 7.66. The van der Waals surface area contributed by atoms with Crippen LogP contribution in [0, 0.1) is 0 Å². The molecular weight excluding hydrogens is 284 g/mol. The first-order valence-electron chi connectivity index (χ1n) is 6.94. The van der Waals surface area contributed by atoms with Gasteiger partial charge in [0.05, 0.1) is 18.7 Å². The highest BCUT2D eigenvalue weighted by molar-refractivity contribution is 7.15. The fourth-order valence-corrected chi connectivity index (χ4v) is 3.51. The molecule has 1 aliphatic rings. The maximum Gasteiger partial charge on any atom is 0.193 e. The van der Waals surface area contributed by atoms with E-state index in [1.807, 2.05) is 40.4 Å².